The van der Waals surface area contributed by atoms with Gasteiger partial charge in [-0.3, -0.25) is 4.79 Å². The fourth-order valence-electron chi connectivity index (χ4n) is 2.88. The standard InChI is InChI=1S/C21H18O11/c1-26-19(23)29-12-6-4-11(5-7-12)15-10-14(22)18-16(31-15)8-13(30-20(24)27-2)9-17(18)32-21(25)28-3/h4-9,15H,10H2,1-3H3. The zero-order chi connectivity index (χ0) is 23.3. The van der Waals surface area contributed by atoms with Crippen molar-refractivity contribution >= 4 is 24.2 Å². The molecule has 0 amide bonds. The van der Waals surface area contributed by atoms with Gasteiger partial charge < -0.3 is 33.2 Å². The lowest BCUT2D eigenvalue weighted by atomic mass is 9.95. The van der Waals surface area contributed by atoms with Gasteiger partial charge >= 0.3 is 18.5 Å². The highest BCUT2D eigenvalue weighted by atomic mass is 16.7. The number of carbonyl (C=O) groups excluding carboxylic acids is 4. The Labute approximate surface area is 181 Å². The Bertz CT molecular complexity index is 1040. The fraction of sp³-hybridized carbons (Fsp3) is 0.238. The molecule has 168 valence electrons. The van der Waals surface area contributed by atoms with Crippen molar-refractivity contribution in [2.24, 2.45) is 0 Å². The van der Waals surface area contributed by atoms with E-state index in [0.717, 1.165) is 14.2 Å². The molecule has 0 aromatic heterocycles. The van der Waals surface area contributed by atoms with Crippen LogP contribution in [0.15, 0.2) is 36.4 Å². The molecule has 0 radical (unpaired) electrons. The van der Waals surface area contributed by atoms with Crippen molar-refractivity contribution in [1.29, 1.82) is 0 Å². The number of ether oxygens (including phenoxy) is 7. The van der Waals surface area contributed by atoms with Crippen molar-refractivity contribution in [3.63, 3.8) is 0 Å². The van der Waals surface area contributed by atoms with E-state index in [2.05, 4.69) is 14.2 Å². The molecular formula is C21H18O11. The second-order valence-corrected chi connectivity index (χ2v) is 6.27. The van der Waals surface area contributed by atoms with Crippen LogP contribution >= 0.6 is 0 Å². The van der Waals surface area contributed by atoms with Crippen LogP contribution in [0.2, 0.25) is 0 Å². The summed E-state index contributed by atoms with van der Waals surface area (Å²) in [6.45, 7) is 0. The topological polar surface area (TPSA) is 133 Å². The highest BCUT2D eigenvalue weighted by Gasteiger charge is 2.33. The highest BCUT2D eigenvalue weighted by Crippen LogP contribution is 2.42. The van der Waals surface area contributed by atoms with Gasteiger partial charge in [0.2, 0.25) is 0 Å². The first kappa shape index (κ1) is 22.4. The minimum Gasteiger partial charge on any atom is -0.484 e. The van der Waals surface area contributed by atoms with Crippen LogP contribution in [0.1, 0.15) is 28.4 Å². The molecular weight excluding hydrogens is 428 g/mol. The van der Waals surface area contributed by atoms with Crippen molar-refractivity contribution in [2.45, 2.75) is 12.5 Å². The SMILES string of the molecule is COC(=O)Oc1ccc(C2CC(=O)c3c(OC(=O)OC)cc(OC(=O)OC)cc3O2)cc1. The van der Waals surface area contributed by atoms with Gasteiger partial charge in [0.1, 0.15) is 28.9 Å². The minimum absolute atomic E-state index is 0.00508. The second-order valence-electron chi connectivity index (χ2n) is 6.27. The van der Waals surface area contributed by atoms with E-state index < -0.39 is 24.6 Å². The third-order valence-corrected chi connectivity index (χ3v) is 4.31. The molecule has 1 atom stereocenters. The number of ketones is 1. The Balaban J connectivity index is 1.92. The van der Waals surface area contributed by atoms with E-state index in [9.17, 15) is 19.2 Å². The summed E-state index contributed by atoms with van der Waals surface area (Å²) in [5.74, 6) is -0.384. The Hall–Kier alpha value is -4.28. The van der Waals surface area contributed by atoms with E-state index in [1.54, 1.807) is 12.1 Å². The molecule has 2 aromatic rings. The maximum Gasteiger partial charge on any atom is 0.513 e. The molecule has 32 heavy (non-hydrogen) atoms. The molecule has 0 saturated carbocycles. The van der Waals surface area contributed by atoms with Crippen molar-refractivity contribution < 1.29 is 52.3 Å². The molecule has 3 rings (SSSR count). The molecule has 0 saturated heterocycles. The van der Waals surface area contributed by atoms with Gasteiger partial charge in [0.25, 0.3) is 0 Å². The summed E-state index contributed by atoms with van der Waals surface area (Å²) in [6.07, 6.45) is -3.74. The smallest absolute Gasteiger partial charge is 0.484 e. The zero-order valence-electron chi connectivity index (χ0n) is 17.2. The van der Waals surface area contributed by atoms with Crippen molar-refractivity contribution in [1.82, 2.24) is 0 Å². The molecule has 11 nitrogen and oxygen atoms in total. The monoisotopic (exact) mass is 446 g/mol. The molecule has 0 bridgehead atoms. The molecule has 1 aliphatic heterocycles. The number of fused-ring (bicyclic) bond motifs is 1. The minimum atomic E-state index is -1.07. The summed E-state index contributed by atoms with van der Waals surface area (Å²) in [4.78, 5) is 47.2. The lowest BCUT2D eigenvalue weighted by molar-refractivity contribution is 0.0839. The second kappa shape index (κ2) is 9.69. The Morgan fingerprint density at radius 3 is 1.97 bits per heavy atom. The van der Waals surface area contributed by atoms with Gasteiger partial charge in [0, 0.05) is 12.1 Å². The Kier molecular flexibility index (Phi) is 6.78. The van der Waals surface area contributed by atoms with E-state index in [-0.39, 0.29) is 40.8 Å². The molecule has 1 aliphatic rings. The maximum absolute atomic E-state index is 12.9. The Morgan fingerprint density at radius 2 is 1.38 bits per heavy atom. The zero-order valence-corrected chi connectivity index (χ0v) is 17.2. The van der Waals surface area contributed by atoms with Crippen LogP contribution in [0.25, 0.3) is 0 Å². The van der Waals surface area contributed by atoms with Crippen LogP contribution in [0.5, 0.6) is 23.0 Å². The van der Waals surface area contributed by atoms with Gasteiger partial charge in [-0.05, 0) is 17.7 Å². The van der Waals surface area contributed by atoms with Gasteiger partial charge in [0.15, 0.2) is 11.5 Å². The van der Waals surface area contributed by atoms with Crippen LogP contribution in [0, 0.1) is 0 Å². The number of carbonyl (C=O) groups is 4. The number of Topliss-reactive ketones (excluding diaryl/α,β-unsaturated/α-hetero) is 1. The molecule has 0 aliphatic carbocycles. The summed E-state index contributed by atoms with van der Waals surface area (Å²) < 4.78 is 34.2. The van der Waals surface area contributed by atoms with Crippen LogP contribution in [0.4, 0.5) is 14.4 Å². The molecule has 1 unspecified atom stereocenters. The largest absolute Gasteiger partial charge is 0.513 e. The molecule has 11 heteroatoms. The van der Waals surface area contributed by atoms with Crippen LogP contribution < -0.4 is 18.9 Å². The lowest BCUT2D eigenvalue weighted by Gasteiger charge is -2.27. The third-order valence-electron chi connectivity index (χ3n) is 4.31. The molecule has 0 spiro atoms. The van der Waals surface area contributed by atoms with Gasteiger partial charge in [-0.1, -0.05) is 12.1 Å². The predicted molar refractivity (Wildman–Crippen MR) is 104 cm³/mol. The first-order chi connectivity index (χ1) is 15.3. The summed E-state index contributed by atoms with van der Waals surface area (Å²) in [5, 5.41) is 0. The van der Waals surface area contributed by atoms with Crippen molar-refractivity contribution in [3.05, 3.63) is 47.5 Å². The molecule has 1 heterocycles. The number of hydrogen-bond donors (Lipinski definition) is 0. The van der Waals surface area contributed by atoms with Gasteiger partial charge in [-0.15, -0.1) is 0 Å². The number of rotatable bonds is 4. The van der Waals surface area contributed by atoms with E-state index in [1.807, 2.05) is 0 Å². The average Bonchev–Trinajstić information content (AvgIpc) is 2.78. The van der Waals surface area contributed by atoms with E-state index in [1.165, 1.54) is 31.4 Å². The average molecular weight is 446 g/mol. The summed E-state index contributed by atoms with van der Waals surface area (Å²) in [5.41, 5.74) is 0.602. The first-order valence-corrected chi connectivity index (χ1v) is 9.09. The first-order valence-electron chi connectivity index (χ1n) is 9.09. The van der Waals surface area contributed by atoms with Gasteiger partial charge in [-0.25, -0.2) is 14.4 Å². The summed E-state index contributed by atoms with van der Waals surface area (Å²) >= 11 is 0. The quantitative estimate of drug-likeness (QED) is 0.385. The normalized spacial score (nSPS) is 14.3. The predicted octanol–water partition coefficient (Wildman–Crippen LogP) is 3.83. The number of benzene rings is 2. The van der Waals surface area contributed by atoms with Gasteiger partial charge in [0.05, 0.1) is 27.8 Å². The van der Waals surface area contributed by atoms with E-state index in [4.69, 9.17) is 18.9 Å². The van der Waals surface area contributed by atoms with Crippen LogP contribution in [-0.4, -0.2) is 45.6 Å². The highest BCUT2D eigenvalue weighted by molar-refractivity contribution is 6.03. The van der Waals surface area contributed by atoms with Crippen LogP contribution in [-0.2, 0) is 14.2 Å². The Morgan fingerprint density at radius 1 is 0.812 bits per heavy atom. The van der Waals surface area contributed by atoms with E-state index >= 15 is 0 Å². The summed E-state index contributed by atoms with van der Waals surface area (Å²) in [6, 6.07) is 8.72. The lowest BCUT2D eigenvalue weighted by Crippen LogP contribution is -2.22. The fourth-order valence-corrected chi connectivity index (χ4v) is 2.88. The molecule has 2 aromatic carbocycles. The van der Waals surface area contributed by atoms with Crippen LogP contribution in [0.3, 0.4) is 0 Å². The molecule has 0 N–H and O–H groups in total. The van der Waals surface area contributed by atoms with Crippen molar-refractivity contribution in [3.8, 4) is 23.0 Å². The number of hydrogen-bond acceptors (Lipinski definition) is 11. The number of methoxy groups -OCH3 is 3. The molecule has 0 fully saturated rings. The maximum atomic E-state index is 12.9. The van der Waals surface area contributed by atoms with Crippen molar-refractivity contribution in [2.75, 3.05) is 21.3 Å². The summed E-state index contributed by atoms with van der Waals surface area (Å²) in [7, 11) is 3.41. The van der Waals surface area contributed by atoms with Gasteiger partial charge in [-0.2, -0.15) is 0 Å². The third kappa shape index (κ3) is 5.06. The van der Waals surface area contributed by atoms with E-state index in [0.29, 0.717) is 5.56 Å².